The van der Waals surface area contributed by atoms with Gasteiger partial charge in [0.1, 0.15) is 17.4 Å². The summed E-state index contributed by atoms with van der Waals surface area (Å²) in [5.74, 6) is 0.997. The predicted octanol–water partition coefficient (Wildman–Crippen LogP) is 5.93. The third-order valence-electron chi connectivity index (χ3n) is 10.7. The number of aromatic nitrogens is 2. The van der Waals surface area contributed by atoms with Crippen LogP contribution < -0.4 is 39.3 Å². The van der Waals surface area contributed by atoms with Gasteiger partial charge in [0.15, 0.2) is 23.0 Å². The lowest BCUT2D eigenvalue weighted by Gasteiger charge is -2.39. The molecule has 8 rings (SSSR count). The van der Waals surface area contributed by atoms with Crippen LogP contribution in [-0.4, -0.2) is 62.8 Å². The first-order chi connectivity index (χ1) is 27.2. The van der Waals surface area contributed by atoms with Crippen molar-refractivity contribution in [1.29, 1.82) is 0 Å². The van der Waals surface area contributed by atoms with Crippen LogP contribution in [0.4, 0.5) is 4.39 Å². The third kappa shape index (κ3) is 6.58. The number of nitrogens with one attached hydrogen (secondary N) is 1. The normalized spacial score (nSPS) is 19.2. The Morgan fingerprint density at radius 3 is 2.30 bits per heavy atom. The molecule has 1 N–H and O–H groups in total. The number of methoxy groups -OCH3 is 3. The Morgan fingerprint density at radius 1 is 0.893 bits per heavy atom. The van der Waals surface area contributed by atoms with Crippen molar-refractivity contribution in [3.8, 4) is 40.2 Å². The highest BCUT2D eigenvalue weighted by atomic mass is 19.1. The van der Waals surface area contributed by atoms with Crippen molar-refractivity contribution in [2.24, 2.45) is 11.8 Å². The molecule has 14 heteroatoms. The molecule has 1 aromatic heterocycles. The maximum Gasteiger partial charge on any atom is 0.310 e. The van der Waals surface area contributed by atoms with Crippen molar-refractivity contribution in [2.45, 2.75) is 38.1 Å². The number of carbonyl (C=O) groups excluding carboxylic acids is 2. The fourth-order valence-corrected chi connectivity index (χ4v) is 8.11. The second kappa shape index (κ2) is 15.1. The van der Waals surface area contributed by atoms with E-state index in [1.54, 1.807) is 25.1 Å². The van der Waals surface area contributed by atoms with E-state index in [2.05, 4.69) is 10.3 Å². The molecule has 56 heavy (non-hydrogen) atoms. The molecule has 2 aliphatic heterocycles. The average Bonchev–Trinajstić information content (AvgIpc) is 3.83. The molecule has 3 aliphatic rings. The molecule has 4 aromatic carbocycles. The zero-order valence-corrected chi connectivity index (χ0v) is 31.3. The van der Waals surface area contributed by atoms with Crippen LogP contribution in [0.15, 0.2) is 71.5 Å². The number of hydrogen-bond donors (Lipinski definition) is 1. The first-order valence-corrected chi connectivity index (χ1v) is 18.3. The SMILES string of the molecule is COc1cc([C@@H]2c3cc4c(cc3[C@@H](NC(=O)CCCCOc3ccc5nc(C)n(-c6ccc(F)cc6)c(=O)c5c3)[C@H]3COC(=O)[C@H]23)OCO4)cc(OC)c1OC. The number of ether oxygens (including phenoxy) is 7. The van der Waals surface area contributed by atoms with E-state index in [9.17, 15) is 18.8 Å². The van der Waals surface area contributed by atoms with Gasteiger partial charge in [-0.3, -0.25) is 19.0 Å². The Kier molecular flexibility index (Phi) is 9.87. The topological polar surface area (TPSA) is 146 Å². The van der Waals surface area contributed by atoms with E-state index in [1.807, 2.05) is 24.3 Å². The Hall–Kier alpha value is -6.31. The maximum absolute atomic E-state index is 13.6. The first-order valence-electron chi connectivity index (χ1n) is 18.3. The summed E-state index contributed by atoms with van der Waals surface area (Å²) in [5, 5.41) is 3.58. The lowest BCUT2D eigenvalue weighted by molar-refractivity contribution is -0.141. The highest BCUT2D eigenvalue weighted by molar-refractivity contribution is 5.81. The number of unbranched alkanes of at least 4 members (excludes halogenated alkanes) is 1. The van der Waals surface area contributed by atoms with Gasteiger partial charge in [-0.05, 0) is 103 Å². The Bertz CT molecular complexity index is 2370. The third-order valence-corrected chi connectivity index (χ3v) is 10.7. The second-order valence-corrected chi connectivity index (χ2v) is 13.9. The van der Waals surface area contributed by atoms with E-state index >= 15 is 0 Å². The van der Waals surface area contributed by atoms with Crippen molar-refractivity contribution >= 4 is 22.8 Å². The van der Waals surface area contributed by atoms with Gasteiger partial charge in [0.25, 0.3) is 5.56 Å². The molecule has 3 heterocycles. The van der Waals surface area contributed by atoms with E-state index in [0.29, 0.717) is 76.4 Å². The van der Waals surface area contributed by atoms with Gasteiger partial charge >= 0.3 is 5.97 Å². The Morgan fingerprint density at radius 2 is 1.61 bits per heavy atom. The fraction of sp³-hybridized carbons (Fsp3) is 0.333. The predicted molar refractivity (Wildman–Crippen MR) is 201 cm³/mol. The molecule has 0 spiro atoms. The standard InChI is InChI=1S/C42H40FN3O10/c1-22-44-31-13-12-26(17-29(31)41(48)46(22)25-10-8-24(43)9-11-25)53-14-6-5-7-36(47)45-39-28-19-33-32(55-21-56-33)18-27(28)37(38-30(39)20-54-42(38)49)23-15-34(50-2)40(52-4)35(16-23)51-3/h8-13,15-19,30,37-39H,5-7,14,20-21H2,1-4H3,(H,45,47)/t30-,37+,38-,39+/m0/s1. The molecule has 0 bridgehead atoms. The van der Waals surface area contributed by atoms with E-state index in [0.717, 1.165) is 16.7 Å². The Balaban J connectivity index is 0.977. The van der Waals surface area contributed by atoms with Crippen molar-refractivity contribution in [3.63, 3.8) is 0 Å². The summed E-state index contributed by atoms with van der Waals surface area (Å²) in [6.45, 7) is 2.22. The van der Waals surface area contributed by atoms with Gasteiger partial charge in [-0.1, -0.05) is 0 Å². The van der Waals surface area contributed by atoms with Crippen LogP contribution in [0.2, 0.25) is 0 Å². The fourth-order valence-electron chi connectivity index (χ4n) is 8.11. The lowest BCUT2D eigenvalue weighted by atomic mass is 9.65. The minimum atomic E-state index is -0.620. The summed E-state index contributed by atoms with van der Waals surface area (Å²) in [4.78, 5) is 45.1. The number of amides is 1. The number of halogens is 1. The minimum absolute atomic E-state index is 0.0604. The molecule has 0 saturated carbocycles. The second-order valence-electron chi connectivity index (χ2n) is 13.9. The summed E-state index contributed by atoms with van der Waals surface area (Å²) in [5.41, 5.74) is 3.11. The molecule has 13 nitrogen and oxygen atoms in total. The van der Waals surface area contributed by atoms with Crippen LogP contribution in [0.5, 0.6) is 34.5 Å². The maximum atomic E-state index is 13.6. The van der Waals surface area contributed by atoms with Gasteiger partial charge < -0.3 is 38.5 Å². The van der Waals surface area contributed by atoms with Crippen LogP contribution in [0, 0.1) is 24.6 Å². The van der Waals surface area contributed by atoms with Crippen LogP contribution in [-0.2, 0) is 14.3 Å². The number of benzene rings is 4. The van der Waals surface area contributed by atoms with E-state index in [4.69, 9.17) is 33.2 Å². The van der Waals surface area contributed by atoms with Gasteiger partial charge in [-0.2, -0.15) is 0 Å². The number of fused-ring (bicyclic) bond motifs is 4. The highest BCUT2D eigenvalue weighted by Gasteiger charge is 2.53. The molecule has 4 atom stereocenters. The molecule has 0 radical (unpaired) electrons. The molecule has 290 valence electrons. The van der Waals surface area contributed by atoms with Gasteiger partial charge in [0, 0.05) is 18.3 Å². The number of nitrogens with zero attached hydrogens (tertiary/aromatic N) is 2. The highest BCUT2D eigenvalue weighted by Crippen LogP contribution is 2.55. The molecule has 5 aromatic rings. The zero-order valence-electron chi connectivity index (χ0n) is 31.3. The first kappa shape index (κ1) is 36.7. The summed E-state index contributed by atoms with van der Waals surface area (Å²) < 4.78 is 55.0. The van der Waals surface area contributed by atoms with E-state index in [-0.39, 0.29) is 43.2 Å². The number of rotatable bonds is 12. The van der Waals surface area contributed by atoms with Gasteiger partial charge in [0.05, 0.1) is 63.1 Å². The van der Waals surface area contributed by atoms with Gasteiger partial charge in [-0.15, -0.1) is 0 Å². The van der Waals surface area contributed by atoms with Crippen LogP contribution >= 0.6 is 0 Å². The summed E-state index contributed by atoms with van der Waals surface area (Å²) >= 11 is 0. The van der Waals surface area contributed by atoms with Gasteiger partial charge in [0.2, 0.25) is 18.4 Å². The average molecular weight is 766 g/mol. The summed E-state index contributed by atoms with van der Waals surface area (Å²) in [6.07, 6.45) is 1.30. The number of aryl methyl sites for hydroxylation is 1. The summed E-state index contributed by atoms with van der Waals surface area (Å²) in [7, 11) is 4.60. The Labute approximate surface area is 321 Å². The van der Waals surface area contributed by atoms with Crippen LogP contribution in [0.1, 0.15) is 53.7 Å². The molecular formula is C42H40FN3O10. The van der Waals surface area contributed by atoms with E-state index in [1.165, 1.54) is 50.2 Å². The molecule has 0 unspecified atom stereocenters. The molecule has 1 fully saturated rings. The van der Waals surface area contributed by atoms with Crippen molar-refractivity contribution in [3.05, 3.63) is 105 Å². The largest absolute Gasteiger partial charge is 0.494 e. The zero-order chi connectivity index (χ0) is 39.1. The van der Waals surface area contributed by atoms with Gasteiger partial charge in [-0.25, -0.2) is 9.37 Å². The molecular weight excluding hydrogens is 725 g/mol. The quantitative estimate of drug-likeness (QED) is 0.119. The number of carbonyl (C=O) groups is 2. The van der Waals surface area contributed by atoms with Crippen LogP contribution in [0.3, 0.4) is 0 Å². The van der Waals surface area contributed by atoms with Crippen LogP contribution in [0.25, 0.3) is 16.6 Å². The van der Waals surface area contributed by atoms with E-state index < -0.39 is 23.7 Å². The molecule has 1 saturated heterocycles. The van der Waals surface area contributed by atoms with Crippen molar-refractivity contribution in [1.82, 2.24) is 14.9 Å². The minimum Gasteiger partial charge on any atom is -0.494 e. The number of cyclic esters (lactones) is 1. The lowest BCUT2D eigenvalue weighted by Crippen LogP contribution is -2.42. The van der Waals surface area contributed by atoms with Crippen molar-refractivity contribution in [2.75, 3.05) is 41.3 Å². The van der Waals surface area contributed by atoms with Crippen molar-refractivity contribution < 1.29 is 47.1 Å². The molecule has 1 aliphatic carbocycles. The number of hydrogen-bond acceptors (Lipinski definition) is 11. The monoisotopic (exact) mass is 765 g/mol. The summed E-state index contributed by atoms with van der Waals surface area (Å²) in [6, 6.07) is 17.7. The molecule has 1 amide bonds. The smallest absolute Gasteiger partial charge is 0.310 e. The number of esters is 1.